The van der Waals surface area contributed by atoms with E-state index in [2.05, 4.69) is 17.2 Å². The number of hydrogen-bond donors (Lipinski definition) is 3. The molecule has 0 aromatic heterocycles. The van der Waals surface area contributed by atoms with Crippen LogP contribution in [0.25, 0.3) is 0 Å². The Bertz CT molecular complexity index is 857. The average Bonchev–Trinajstić information content (AvgIpc) is 2.62. The van der Waals surface area contributed by atoms with Gasteiger partial charge in [0.2, 0.25) is 0 Å². The monoisotopic (exact) mass is 372 g/mol. The van der Waals surface area contributed by atoms with Gasteiger partial charge in [0, 0.05) is 23.6 Å². The number of nitrogens with one attached hydrogen (secondary N) is 1. The summed E-state index contributed by atoms with van der Waals surface area (Å²) in [6, 6.07) is 12.1. The number of hydrogen-bond acceptors (Lipinski definition) is 4. The number of nitrogen functional groups attached to an aromatic ring is 1. The van der Waals surface area contributed by atoms with Gasteiger partial charge in [0.1, 0.15) is 6.61 Å². The summed E-state index contributed by atoms with van der Waals surface area (Å²) in [6.45, 7) is 0.474. The molecular formula is C19H17ClN2O4. The van der Waals surface area contributed by atoms with Crippen LogP contribution in [0.2, 0.25) is 5.02 Å². The average molecular weight is 373 g/mol. The van der Waals surface area contributed by atoms with Gasteiger partial charge in [0.15, 0.2) is 0 Å². The Morgan fingerprint density at radius 1 is 1.23 bits per heavy atom. The second kappa shape index (κ2) is 9.35. The van der Waals surface area contributed by atoms with Gasteiger partial charge in [-0.15, -0.1) is 0 Å². The first-order valence-electron chi connectivity index (χ1n) is 7.73. The van der Waals surface area contributed by atoms with Gasteiger partial charge < -0.3 is 20.9 Å². The number of anilines is 1. The maximum Gasteiger partial charge on any atom is 0.407 e. The number of rotatable bonds is 5. The summed E-state index contributed by atoms with van der Waals surface area (Å²) in [7, 11) is 0. The molecule has 1 amide bonds. The van der Waals surface area contributed by atoms with Gasteiger partial charge in [0.05, 0.1) is 11.3 Å². The molecule has 0 fully saturated rings. The van der Waals surface area contributed by atoms with Crippen molar-refractivity contribution in [1.82, 2.24) is 5.32 Å². The number of nitrogens with two attached hydrogens (primary N) is 1. The van der Waals surface area contributed by atoms with Crippen LogP contribution in [-0.4, -0.2) is 23.7 Å². The topological polar surface area (TPSA) is 102 Å². The predicted octanol–water partition coefficient (Wildman–Crippen LogP) is 3.29. The number of aromatic carboxylic acids is 1. The minimum atomic E-state index is -1.17. The van der Waals surface area contributed by atoms with Gasteiger partial charge in [-0.3, -0.25) is 0 Å². The van der Waals surface area contributed by atoms with E-state index in [1.807, 2.05) is 30.3 Å². The molecule has 0 heterocycles. The Hall–Kier alpha value is -3.17. The first-order valence-corrected chi connectivity index (χ1v) is 8.11. The van der Waals surface area contributed by atoms with Crippen molar-refractivity contribution in [3.63, 3.8) is 0 Å². The Balaban J connectivity index is 1.82. The van der Waals surface area contributed by atoms with Crippen LogP contribution in [0.15, 0.2) is 42.5 Å². The molecule has 0 unspecified atom stereocenters. The quantitative estimate of drug-likeness (QED) is 0.424. The summed E-state index contributed by atoms with van der Waals surface area (Å²) >= 11 is 5.87. The number of benzene rings is 2. The fraction of sp³-hybridized carbons (Fsp3) is 0.158. The van der Waals surface area contributed by atoms with E-state index >= 15 is 0 Å². The molecule has 0 aliphatic rings. The number of carbonyl (C=O) groups excluding carboxylic acids is 1. The van der Waals surface area contributed by atoms with Crippen LogP contribution < -0.4 is 11.1 Å². The smallest absolute Gasteiger partial charge is 0.407 e. The molecule has 2 aromatic carbocycles. The Morgan fingerprint density at radius 2 is 1.96 bits per heavy atom. The van der Waals surface area contributed by atoms with E-state index in [1.165, 1.54) is 12.1 Å². The van der Waals surface area contributed by atoms with Crippen LogP contribution in [0.1, 0.15) is 27.9 Å². The van der Waals surface area contributed by atoms with E-state index in [0.717, 1.165) is 5.56 Å². The maximum atomic E-state index is 11.6. The molecule has 6 nitrogen and oxygen atoms in total. The summed E-state index contributed by atoms with van der Waals surface area (Å²) in [5, 5.41) is 11.9. The normalized spacial score (nSPS) is 9.73. The fourth-order valence-electron chi connectivity index (χ4n) is 2.06. The molecular weight excluding hydrogens is 356 g/mol. The zero-order valence-corrected chi connectivity index (χ0v) is 14.5. The van der Waals surface area contributed by atoms with E-state index in [1.54, 1.807) is 0 Å². The predicted molar refractivity (Wildman–Crippen MR) is 98.9 cm³/mol. The van der Waals surface area contributed by atoms with Gasteiger partial charge in [-0.2, -0.15) is 0 Å². The zero-order valence-electron chi connectivity index (χ0n) is 13.8. The summed E-state index contributed by atoms with van der Waals surface area (Å²) in [4.78, 5) is 22.7. The van der Waals surface area contributed by atoms with Gasteiger partial charge in [-0.25, -0.2) is 9.59 Å². The molecule has 7 heteroatoms. The first-order chi connectivity index (χ1) is 12.5. The number of ether oxygens (including phenoxy) is 1. The van der Waals surface area contributed by atoms with Crippen molar-refractivity contribution < 1.29 is 19.4 Å². The highest BCUT2D eigenvalue weighted by atomic mass is 35.5. The van der Waals surface area contributed by atoms with E-state index in [9.17, 15) is 9.59 Å². The SMILES string of the molecule is Nc1c(C#CCCNC(=O)OCc2ccccc2)cc(Cl)cc1C(=O)O. The Labute approximate surface area is 155 Å². The third kappa shape index (κ3) is 5.72. The van der Waals surface area contributed by atoms with Crippen molar-refractivity contribution >= 4 is 29.4 Å². The molecule has 2 aromatic rings. The fourth-order valence-corrected chi connectivity index (χ4v) is 2.28. The van der Waals surface area contributed by atoms with Crippen molar-refractivity contribution in [3.05, 3.63) is 64.2 Å². The molecule has 2 rings (SSSR count). The van der Waals surface area contributed by atoms with Crippen molar-refractivity contribution in [2.75, 3.05) is 12.3 Å². The van der Waals surface area contributed by atoms with Crippen LogP contribution in [0.5, 0.6) is 0 Å². The lowest BCUT2D eigenvalue weighted by molar-refractivity contribution is 0.0698. The van der Waals surface area contributed by atoms with Crippen LogP contribution in [-0.2, 0) is 11.3 Å². The molecule has 0 saturated carbocycles. The maximum absolute atomic E-state index is 11.6. The van der Waals surface area contributed by atoms with Crippen molar-refractivity contribution in [1.29, 1.82) is 0 Å². The third-order valence-electron chi connectivity index (χ3n) is 3.33. The number of carboxylic acids is 1. The standard InChI is InChI=1S/C19H17ClN2O4/c20-15-10-14(17(21)16(11-15)18(23)24)8-4-5-9-22-19(25)26-12-13-6-2-1-3-7-13/h1-3,6-7,10-11H,5,9,12,21H2,(H,22,25)(H,23,24). The largest absolute Gasteiger partial charge is 0.478 e. The number of alkyl carbamates (subject to hydrolysis) is 1. The molecule has 4 N–H and O–H groups in total. The van der Waals surface area contributed by atoms with Crippen LogP contribution >= 0.6 is 11.6 Å². The van der Waals surface area contributed by atoms with Gasteiger partial charge in [0.25, 0.3) is 0 Å². The van der Waals surface area contributed by atoms with E-state index in [4.69, 9.17) is 27.2 Å². The molecule has 26 heavy (non-hydrogen) atoms. The van der Waals surface area contributed by atoms with Gasteiger partial charge >= 0.3 is 12.1 Å². The molecule has 134 valence electrons. The highest BCUT2D eigenvalue weighted by Crippen LogP contribution is 2.22. The van der Waals surface area contributed by atoms with Gasteiger partial charge in [-0.1, -0.05) is 53.8 Å². The summed E-state index contributed by atoms with van der Waals surface area (Å²) in [6.07, 6.45) is -0.194. The second-order valence-corrected chi connectivity index (χ2v) is 5.70. The Kier molecular flexibility index (Phi) is 6.89. The van der Waals surface area contributed by atoms with Crippen LogP contribution in [0.4, 0.5) is 10.5 Å². The van der Waals surface area contributed by atoms with Crippen molar-refractivity contribution in [2.45, 2.75) is 13.0 Å². The molecule has 0 aliphatic carbocycles. The van der Waals surface area contributed by atoms with E-state index in [-0.39, 0.29) is 29.4 Å². The van der Waals surface area contributed by atoms with Crippen LogP contribution in [0.3, 0.4) is 0 Å². The number of halogens is 1. The minimum Gasteiger partial charge on any atom is -0.478 e. The van der Waals surface area contributed by atoms with Gasteiger partial charge in [-0.05, 0) is 17.7 Å². The summed E-state index contributed by atoms with van der Waals surface area (Å²) < 4.78 is 5.07. The molecule has 0 saturated heterocycles. The third-order valence-corrected chi connectivity index (χ3v) is 3.55. The van der Waals surface area contributed by atoms with Crippen LogP contribution in [0, 0.1) is 11.8 Å². The van der Waals surface area contributed by atoms with Crippen molar-refractivity contribution in [2.24, 2.45) is 0 Å². The van der Waals surface area contributed by atoms with E-state index < -0.39 is 12.1 Å². The summed E-state index contributed by atoms with van der Waals surface area (Å²) in [5.41, 5.74) is 6.98. The zero-order chi connectivity index (χ0) is 18.9. The minimum absolute atomic E-state index is 0.0598. The summed E-state index contributed by atoms with van der Waals surface area (Å²) in [5.74, 6) is 4.41. The molecule has 0 bridgehead atoms. The lowest BCUT2D eigenvalue weighted by Gasteiger charge is -2.05. The second-order valence-electron chi connectivity index (χ2n) is 5.26. The first kappa shape index (κ1) is 19.2. The Morgan fingerprint density at radius 3 is 2.65 bits per heavy atom. The number of carbonyl (C=O) groups is 2. The highest BCUT2D eigenvalue weighted by Gasteiger charge is 2.12. The number of amides is 1. The highest BCUT2D eigenvalue weighted by molar-refractivity contribution is 6.31. The molecule has 0 aliphatic heterocycles. The molecule has 0 atom stereocenters. The lowest BCUT2D eigenvalue weighted by Crippen LogP contribution is -2.24. The molecule has 0 spiro atoms. The number of carboxylic acid groups (broad SMARTS) is 1. The lowest BCUT2D eigenvalue weighted by atomic mass is 10.1. The van der Waals surface area contributed by atoms with Crippen molar-refractivity contribution in [3.8, 4) is 11.8 Å². The molecule has 0 radical (unpaired) electrons. The van der Waals surface area contributed by atoms with E-state index in [0.29, 0.717) is 12.0 Å².